The van der Waals surface area contributed by atoms with Crippen LogP contribution in [-0.2, 0) is 16.0 Å². The first-order valence-electron chi connectivity index (χ1n) is 10.9. The Morgan fingerprint density at radius 1 is 1.10 bits per heavy atom. The highest BCUT2D eigenvalue weighted by molar-refractivity contribution is 5.92. The van der Waals surface area contributed by atoms with Gasteiger partial charge in [0.2, 0.25) is 5.91 Å². The van der Waals surface area contributed by atoms with E-state index in [0.29, 0.717) is 31.7 Å². The van der Waals surface area contributed by atoms with Gasteiger partial charge in [0, 0.05) is 25.1 Å². The minimum atomic E-state index is -1.15. The van der Waals surface area contributed by atoms with Gasteiger partial charge in [-0.05, 0) is 63.6 Å². The molecule has 2 aliphatic heterocycles. The maximum atomic E-state index is 13.1. The standard InChI is InChI=1S/C23H34N2O5/c1-14-15(2)20-17(16(3)19(14)27)9-10-23(4,30-20)22(29)24-18(13-26)21(28)25-11-7-5-6-8-12-25/h18,26-27H,5-13H2,1-4H3,(H,24,29)/t18-,23?/m0/s1. The molecule has 1 aromatic rings. The number of hydrogen-bond donors (Lipinski definition) is 3. The summed E-state index contributed by atoms with van der Waals surface area (Å²) in [7, 11) is 0. The number of nitrogens with zero attached hydrogens (tertiary/aromatic N) is 1. The summed E-state index contributed by atoms with van der Waals surface area (Å²) < 4.78 is 6.19. The maximum Gasteiger partial charge on any atom is 0.264 e. The fraction of sp³-hybridized carbons (Fsp3) is 0.652. The van der Waals surface area contributed by atoms with E-state index in [1.54, 1.807) is 11.8 Å². The molecule has 7 nitrogen and oxygen atoms in total. The predicted octanol–water partition coefficient (Wildman–Crippen LogP) is 2.28. The topological polar surface area (TPSA) is 99.1 Å². The number of carbonyl (C=O) groups is 2. The smallest absolute Gasteiger partial charge is 0.264 e. The molecule has 2 atom stereocenters. The molecule has 0 bridgehead atoms. The second-order valence-corrected chi connectivity index (χ2v) is 8.81. The number of carbonyl (C=O) groups excluding carboxylic acids is 2. The second kappa shape index (κ2) is 8.84. The molecule has 1 fully saturated rings. The molecule has 30 heavy (non-hydrogen) atoms. The number of aliphatic hydroxyl groups is 1. The first kappa shape index (κ1) is 22.4. The van der Waals surface area contributed by atoms with Gasteiger partial charge in [-0.3, -0.25) is 9.59 Å². The van der Waals surface area contributed by atoms with Crippen LogP contribution in [0, 0.1) is 20.8 Å². The summed E-state index contributed by atoms with van der Waals surface area (Å²) in [6, 6.07) is -0.971. The van der Waals surface area contributed by atoms with Crippen LogP contribution >= 0.6 is 0 Å². The monoisotopic (exact) mass is 418 g/mol. The zero-order valence-electron chi connectivity index (χ0n) is 18.5. The number of benzene rings is 1. The minimum Gasteiger partial charge on any atom is -0.507 e. The molecular formula is C23H34N2O5. The molecular weight excluding hydrogens is 384 g/mol. The summed E-state index contributed by atoms with van der Waals surface area (Å²) in [5, 5.41) is 22.9. The van der Waals surface area contributed by atoms with Gasteiger partial charge in [-0.2, -0.15) is 0 Å². The van der Waals surface area contributed by atoms with E-state index in [-0.39, 0.29) is 11.7 Å². The van der Waals surface area contributed by atoms with Crippen molar-refractivity contribution in [2.75, 3.05) is 19.7 Å². The quantitative estimate of drug-likeness (QED) is 0.697. The maximum absolute atomic E-state index is 13.1. The zero-order chi connectivity index (χ0) is 22.1. The van der Waals surface area contributed by atoms with Crippen molar-refractivity contribution in [2.24, 2.45) is 0 Å². The van der Waals surface area contributed by atoms with Crippen LogP contribution in [-0.4, -0.2) is 58.3 Å². The van der Waals surface area contributed by atoms with Gasteiger partial charge in [0.1, 0.15) is 17.5 Å². The van der Waals surface area contributed by atoms with Gasteiger partial charge in [-0.1, -0.05) is 12.8 Å². The van der Waals surface area contributed by atoms with Gasteiger partial charge in [-0.25, -0.2) is 0 Å². The van der Waals surface area contributed by atoms with Crippen LogP contribution < -0.4 is 10.1 Å². The molecule has 0 aliphatic carbocycles. The van der Waals surface area contributed by atoms with E-state index in [2.05, 4.69) is 5.32 Å². The SMILES string of the molecule is Cc1c(C)c2c(c(C)c1O)CCC(C)(C(=O)N[C@@H](CO)C(=O)N1CCCCCC1)O2. The molecule has 0 aromatic heterocycles. The average Bonchev–Trinajstić information content (AvgIpc) is 3.03. The lowest BCUT2D eigenvalue weighted by atomic mass is 9.86. The van der Waals surface area contributed by atoms with Crippen molar-refractivity contribution in [2.45, 2.75) is 77.9 Å². The first-order valence-corrected chi connectivity index (χ1v) is 10.9. The van der Waals surface area contributed by atoms with Gasteiger partial charge in [0.15, 0.2) is 5.60 Å². The highest BCUT2D eigenvalue weighted by atomic mass is 16.5. The van der Waals surface area contributed by atoms with Crippen LogP contribution in [0.25, 0.3) is 0 Å². The van der Waals surface area contributed by atoms with Crippen molar-refractivity contribution in [3.63, 3.8) is 0 Å². The molecule has 0 saturated carbocycles. The Morgan fingerprint density at radius 2 is 1.73 bits per heavy atom. The lowest BCUT2D eigenvalue weighted by molar-refractivity contribution is -0.143. The third kappa shape index (κ3) is 4.13. The molecule has 7 heteroatoms. The van der Waals surface area contributed by atoms with Gasteiger partial charge < -0.3 is 25.2 Å². The lowest BCUT2D eigenvalue weighted by Crippen LogP contribution is -2.58. The predicted molar refractivity (Wildman–Crippen MR) is 114 cm³/mol. The number of phenolic OH excluding ortho intramolecular Hbond substituents is 1. The normalized spacial score (nSPS) is 22.5. The van der Waals surface area contributed by atoms with Crippen molar-refractivity contribution < 1.29 is 24.5 Å². The summed E-state index contributed by atoms with van der Waals surface area (Å²) in [4.78, 5) is 27.7. The van der Waals surface area contributed by atoms with Crippen LogP contribution in [0.1, 0.15) is 61.3 Å². The molecule has 2 aliphatic rings. The third-order valence-corrected chi connectivity index (χ3v) is 6.70. The molecule has 0 radical (unpaired) electrons. The Labute approximate surface area is 178 Å². The summed E-state index contributed by atoms with van der Waals surface area (Å²) >= 11 is 0. The Morgan fingerprint density at radius 3 is 2.33 bits per heavy atom. The summed E-state index contributed by atoms with van der Waals surface area (Å²) in [6.45, 7) is 8.15. The molecule has 1 saturated heterocycles. The van der Waals surface area contributed by atoms with Gasteiger partial charge in [0.25, 0.3) is 5.91 Å². The fourth-order valence-electron chi connectivity index (χ4n) is 4.42. The number of amides is 2. The van der Waals surface area contributed by atoms with E-state index in [4.69, 9.17) is 4.74 Å². The van der Waals surface area contributed by atoms with Crippen molar-refractivity contribution >= 4 is 11.8 Å². The number of aliphatic hydroxyl groups excluding tert-OH is 1. The number of aromatic hydroxyl groups is 1. The van der Waals surface area contributed by atoms with Crippen LogP contribution in [0.5, 0.6) is 11.5 Å². The summed E-state index contributed by atoms with van der Waals surface area (Å²) in [5.41, 5.74) is 2.09. The first-order chi connectivity index (χ1) is 14.2. The Hall–Kier alpha value is -2.28. The van der Waals surface area contributed by atoms with Crippen LogP contribution in [0.15, 0.2) is 0 Å². The van der Waals surface area contributed by atoms with E-state index < -0.39 is 24.2 Å². The third-order valence-electron chi connectivity index (χ3n) is 6.70. The molecule has 0 spiro atoms. The van der Waals surface area contributed by atoms with E-state index in [9.17, 15) is 19.8 Å². The van der Waals surface area contributed by atoms with Crippen molar-refractivity contribution in [3.8, 4) is 11.5 Å². The van der Waals surface area contributed by atoms with Crippen LogP contribution in [0.4, 0.5) is 0 Å². The summed E-state index contributed by atoms with van der Waals surface area (Å²) in [6.07, 6.45) is 5.09. The van der Waals surface area contributed by atoms with Gasteiger partial charge >= 0.3 is 0 Å². The van der Waals surface area contributed by atoms with E-state index in [1.807, 2.05) is 20.8 Å². The molecule has 3 N–H and O–H groups in total. The number of hydrogen-bond acceptors (Lipinski definition) is 5. The number of likely N-dealkylation sites (tertiary alicyclic amines) is 1. The molecule has 2 heterocycles. The summed E-state index contributed by atoms with van der Waals surface area (Å²) in [5.74, 6) is 0.260. The number of ether oxygens (including phenoxy) is 1. The molecule has 1 unspecified atom stereocenters. The molecule has 1 aromatic carbocycles. The van der Waals surface area contributed by atoms with Gasteiger partial charge in [0.05, 0.1) is 6.61 Å². The lowest BCUT2D eigenvalue weighted by Gasteiger charge is -2.37. The average molecular weight is 419 g/mol. The second-order valence-electron chi connectivity index (χ2n) is 8.81. The number of phenols is 1. The van der Waals surface area contributed by atoms with Gasteiger partial charge in [-0.15, -0.1) is 0 Å². The van der Waals surface area contributed by atoms with Crippen molar-refractivity contribution in [1.82, 2.24) is 10.2 Å². The van der Waals surface area contributed by atoms with Crippen molar-refractivity contribution in [3.05, 3.63) is 22.3 Å². The van der Waals surface area contributed by atoms with E-state index in [0.717, 1.165) is 47.9 Å². The highest BCUT2D eigenvalue weighted by Gasteiger charge is 2.42. The minimum absolute atomic E-state index is 0.236. The number of fused-ring (bicyclic) bond motifs is 1. The Balaban J connectivity index is 1.77. The Bertz CT molecular complexity index is 830. The number of rotatable bonds is 4. The van der Waals surface area contributed by atoms with Crippen LogP contribution in [0.3, 0.4) is 0 Å². The molecule has 3 rings (SSSR count). The van der Waals surface area contributed by atoms with Crippen LogP contribution in [0.2, 0.25) is 0 Å². The van der Waals surface area contributed by atoms with Crippen molar-refractivity contribution in [1.29, 1.82) is 0 Å². The largest absolute Gasteiger partial charge is 0.507 e. The highest BCUT2D eigenvalue weighted by Crippen LogP contribution is 2.43. The number of nitrogens with one attached hydrogen (secondary N) is 1. The van der Waals surface area contributed by atoms with E-state index in [1.165, 1.54) is 0 Å². The zero-order valence-corrected chi connectivity index (χ0v) is 18.5. The molecule has 166 valence electrons. The fourth-order valence-corrected chi connectivity index (χ4v) is 4.42. The molecule has 2 amide bonds. The van der Waals surface area contributed by atoms with E-state index >= 15 is 0 Å². The Kier molecular flexibility index (Phi) is 6.60.